The van der Waals surface area contributed by atoms with E-state index in [9.17, 15) is 13.2 Å². The predicted octanol–water partition coefficient (Wildman–Crippen LogP) is 4.47. The predicted molar refractivity (Wildman–Crippen MR) is 83.0 cm³/mol. The van der Waals surface area contributed by atoms with Gasteiger partial charge in [0.05, 0.1) is 11.3 Å². The first-order chi connectivity index (χ1) is 10.9. The van der Waals surface area contributed by atoms with Crippen LogP contribution in [0.5, 0.6) is 0 Å². The van der Waals surface area contributed by atoms with Gasteiger partial charge >= 0.3 is 6.18 Å². The average Bonchev–Trinajstić information content (AvgIpc) is 3.32. The number of aryl methyl sites for hydroxylation is 1. The lowest BCUT2D eigenvalue weighted by molar-refractivity contribution is -0.138. The number of alkyl halides is 3. The molecule has 1 heterocycles. The molecule has 0 unspecified atom stereocenters. The molecule has 0 aliphatic heterocycles. The van der Waals surface area contributed by atoms with Crippen molar-refractivity contribution in [2.45, 2.75) is 31.9 Å². The summed E-state index contributed by atoms with van der Waals surface area (Å²) in [4.78, 5) is 8.64. The molecule has 1 aliphatic rings. The molecular formula is C16H17F3N4. The molecule has 1 aromatic carbocycles. The lowest BCUT2D eigenvalue weighted by Gasteiger charge is -2.14. The second kappa shape index (κ2) is 5.72. The van der Waals surface area contributed by atoms with Crippen LogP contribution >= 0.6 is 0 Å². The summed E-state index contributed by atoms with van der Waals surface area (Å²) in [7, 11) is 1.71. The topological polar surface area (TPSA) is 49.8 Å². The molecule has 2 N–H and O–H groups in total. The van der Waals surface area contributed by atoms with Crippen molar-refractivity contribution in [1.29, 1.82) is 0 Å². The Morgan fingerprint density at radius 1 is 1.13 bits per heavy atom. The van der Waals surface area contributed by atoms with Gasteiger partial charge in [0.25, 0.3) is 0 Å². The molecule has 0 amide bonds. The van der Waals surface area contributed by atoms with Gasteiger partial charge in [-0.25, -0.2) is 4.98 Å². The summed E-state index contributed by atoms with van der Waals surface area (Å²) in [5.41, 5.74) is 0.813. The van der Waals surface area contributed by atoms with Gasteiger partial charge in [-0.2, -0.15) is 18.2 Å². The van der Waals surface area contributed by atoms with Crippen LogP contribution in [0, 0.1) is 6.92 Å². The van der Waals surface area contributed by atoms with Crippen molar-refractivity contribution in [2.75, 3.05) is 17.7 Å². The third-order valence-electron chi connectivity index (χ3n) is 3.78. The number of hydrogen-bond acceptors (Lipinski definition) is 4. The van der Waals surface area contributed by atoms with Crippen molar-refractivity contribution >= 4 is 17.5 Å². The number of rotatable bonds is 4. The van der Waals surface area contributed by atoms with Crippen LogP contribution in [0.1, 0.15) is 35.6 Å². The molecule has 0 atom stereocenters. The van der Waals surface area contributed by atoms with Gasteiger partial charge in [-0.1, -0.05) is 6.07 Å². The van der Waals surface area contributed by atoms with Crippen LogP contribution in [0.15, 0.2) is 24.3 Å². The van der Waals surface area contributed by atoms with Crippen LogP contribution in [0.4, 0.5) is 30.6 Å². The maximum Gasteiger partial charge on any atom is 0.416 e. The van der Waals surface area contributed by atoms with Gasteiger partial charge in [0.2, 0.25) is 5.95 Å². The molecule has 0 saturated heterocycles. The highest BCUT2D eigenvalue weighted by molar-refractivity contribution is 5.60. The summed E-state index contributed by atoms with van der Waals surface area (Å²) in [6.07, 6.45) is -2.20. The van der Waals surface area contributed by atoms with E-state index >= 15 is 0 Å². The lowest BCUT2D eigenvalue weighted by atomic mass is 10.1. The molecular weight excluding hydrogens is 305 g/mol. The minimum absolute atomic E-state index is 0.195. The van der Waals surface area contributed by atoms with Gasteiger partial charge in [0.1, 0.15) is 5.82 Å². The van der Waals surface area contributed by atoms with Crippen LogP contribution < -0.4 is 10.6 Å². The summed E-state index contributed by atoms with van der Waals surface area (Å²) in [5, 5.41) is 5.83. The number of anilines is 3. The molecule has 3 rings (SSSR count). The summed E-state index contributed by atoms with van der Waals surface area (Å²) < 4.78 is 39.0. The molecule has 7 heteroatoms. The minimum Gasteiger partial charge on any atom is -0.357 e. The standard InChI is InChI=1S/C16H17F3N4/c1-9-3-6-11(7-12(9)16(17,18)19)21-14-8-13(10-4-5-10)22-15(20-2)23-14/h3,6-8,10H,4-5H2,1-2H3,(H2,20,21,22,23). The van der Waals surface area contributed by atoms with Crippen LogP contribution in [-0.2, 0) is 6.18 Å². The van der Waals surface area contributed by atoms with Crippen LogP contribution in [0.3, 0.4) is 0 Å². The fourth-order valence-corrected chi connectivity index (χ4v) is 2.38. The maximum atomic E-state index is 13.0. The highest BCUT2D eigenvalue weighted by Gasteiger charge is 2.32. The molecule has 1 aromatic heterocycles. The number of aromatic nitrogens is 2. The molecule has 2 aromatic rings. The molecule has 0 spiro atoms. The summed E-state index contributed by atoms with van der Waals surface area (Å²) >= 11 is 0. The second-order valence-corrected chi connectivity index (χ2v) is 5.68. The SMILES string of the molecule is CNc1nc(Nc2ccc(C)c(C(F)(F)F)c2)cc(C2CC2)n1. The average molecular weight is 322 g/mol. The lowest BCUT2D eigenvalue weighted by Crippen LogP contribution is -2.08. The first kappa shape index (κ1) is 15.6. The van der Waals surface area contributed by atoms with E-state index in [0.29, 0.717) is 23.4 Å². The molecule has 4 nitrogen and oxygen atoms in total. The number of nitrogens with zero attached hydrogens (tertiary/aromatic N) is 2. The van der Waals surface area contributed by atoms with E-state index in [1.807, 2.05) is 0 Å². The Balaban J connectivity index is 1.91. The Bertz CT molecular complexity index is 724. The largest absolute Gasteiger partial charge is 0.416 e. The van der Waals surface area contributed by atoms with Crippen molar-refractivity contribution in [3.63, 3.8) is 0 Å². The quantitative estimate of drug-likeness (QED) is 0.872. The number of halogens is 3. The molecule has 1 saturated carbocycles. The Kier molecular flexibility index (Phi) is 3.87. The number of benzene rings is 1. The smallest absolute Gasteiger partial charge is 0.357 e. The summed E-state index contributed by atoms with van der Waals surface area (Å²) in [5.74, 6) is 1.37. The zero-order chi connectivity index (χ0) is 16.6. The second-order valence-electron chi connectivity index (χ2n) is 5.68. The third-order valence-corrected chi connectivity index (χ3v) is 3.78. The molecule has 122 valence electrons. The van der Waals surface area contributed by atoms with E-state index in [4.69, 9.17) is 0 Å². The van der Waals surface area contributed by atoms with Crippen molar-refractivity contribution in [3.8, 4) is 0 Å². The fraction of sp³-hybridized carbons (Fsp3) is 0.375. The highest BCUT2D eigenvalue weighted by atomic mass is 19.4. The van der Waals surface area contributed by atoms with Gasteiger partial charge < -0.3 is 10.6 Å². The third kappa shape index (κ3) is 3.55. The fourth-order valence-electron chi connectivity index (χ4n) is 2.38. The summed E-state index contributed by atoms with van der Waals surface area (Å²) in [6.45, 7) is 1.45. The number of nitrogens with one attached hydrogen (secondary N) is 2. The van der Waals surface area contributed by atoms with E-state index in [-0.39, 0.29) is 5.56 Å². The Morgan fingerprint density at radius 2 is 1.87 bits per heavy atom. The normalized spacial score (nSPS) is 14.7. The van der Waals surface area contributed by atoms with Crippen molar-refractivity contribution < 1.29 is 13.2 Å². The zero-order valence-corrected chi connectivity index (χ0v) is 12.8. The van der Waals surface area contributed by atoms with Crippen molar-refractivity contribution in [2.24, 2.45) is 0 Å². The van der Waals surface area contributed by atoms with Gasteiger partial charge in [0.15, 0.2) is 0 Å². The van der Waals surface area contributed by atoms with Crippen LogP contribution in [-0.4, -0.2) is 17.0 Å². The molecule has 23 heavy (non-hydrogen) atoms. The van der Waals surface area contributed by atoms with Crippen molar-refractivity contribution in [1.82, 2.24) is 9.97 Å². The Labute approximate surface area is 132 Å². The maximum absolute atomic E-state index is 13.0. The van der Waals surface area contributed by atoms with Gasteiger partial charge in [-0.05, 0) is 37.5 Å². The van der Waals surface area contributed by atoms with Gasteiger partial charge in [0, 0.05) is 24.7 Å². The van der Waals surface area contributed by atoms with E-state index in [0.717, 1.165) is 24.6 Å². The zero-order valence-electron chi connectivity index (χ0n) is 12.8. The first-order valence-corrected chi connectivity index (χ1v) is 7.38. The molecule has 0 bridgehead atoms. The first-order valence-electron chi connectivity index (χ1n) is 7.38. The van der Waals surface area contributed by atoms with Gasteiger partial charge in [-0.3, -0.25) is 0 Å². The monoisotopic (exact) mass is 322 g/mol. The summed E-state index contributed by atoms with van der Waals surface area (Å²) in [6, 6.07) is 5.97. The highest BCUT2D eigenvalue weighted by Crippen LogP contribution is 2.40. The van der Waals surface area contributed by atoms with E-state index < -0.39 is 11.7 Å². The van der Waals surface area contributed by atoms with E-state index in [2.05, 4.69) is 20.6 Å². The van der Waals surface area contributed by atoms with E-state index in [1.165, 1.54) is 13.0 Å². The Hall–Kier alpha value is -2.31. The van der Waals surface area contributed by atoms with Crippen LogP contribution in [0.25, 0.3) is 0 Å². The minimum atomic E-state index is -4.37. The van der Waals surface area contributed by atoms with E-state index in [1.54, 1.807) is 19.2 Å². The molecule has 0 radical (unpaired) electrons. The number of hydrogen-bond donors (Lipinski definition) is 2. The Morgan fingerprint density at radius 3 is 2.48 bits per heavy atom. The molecule has 1 aliphatic carbocycles. The molecule has 1 fully saturated rings. The van der Waals surface area contributed by atoms with Crippen molar-refractivity contribution in [3.05, 3.63) is 41.1 Å². The van der Waals surface area contributed by atoms with Crippen LogP contribution in [0.2, 0.25) is 0 Å². The van der Waals surface area contributed by atoms with Gasteiger partial charge in [-0.15, -0.1) is 0 Å².